The Labute approximate surface area is 167 Å². The van der Waals surface area contributed by atoms with E-state index in [1.165, 1.54) is 12.1 Å². The van der Waals surface area contributed by atoms with Gasteiger partial charge in [-0.2, -0.15) is 0 Å². The molecule has 0 fully saturated rings. The van der Waals surface area contributed by atoms with Crippen molar-refractivity contribution < 1.29 is 19.5 Å². The van der Waals surface area contributed by atoms with Crippen LogP contribution in [0.25, 0.3) is 0 Å². The second-order valence-corrected chi connectivity index (χ2v) is 6.37. The molecule has 29 heavy (non-hydrogen) atoms. The predicted molar refractivity (Wildman–Crippen MR) is 112 cm³/mol. The fourth-order valence-corrected chi connectivity index (χ4v) is 2.65. The maximum absolute atomic E-state index is 12.3. The quantitative estimate of drug-likeness (QED) is 0.512. The third-order valence-corrected chi connectivity index (χ3v) is 4.05. The molecule has 0 bridgehead atoms. The van der Waals surface area contributed by atoms with Gasteiger partial charge >= 0.3 is 12.0 Å². The molecule has 0 aliphatic heterocycles. The number of carbonyl (C=O) groups is 3. The molecule has 3 amide bonds. The topological polar surface area (TPSA) is 108 Å². The Balaban J connectivity index is 1.58. The van der Waals surface area contributed by atoms with E-state index >= 15 is 0 Å². The largest absolute Gasteiger partial charge is 0.478 e. The first-order valence-electron chi connectivity index (χ1n) is 8.80. The van der Waals surface area contributed by atoms with E-state index in [9.17, 15) is 14.4 Å². The first-order chi connectivity index (χ1) is 13.9. The van der Waals surface area contributed by atoms with E-state index in [4.69, 9.17) is 5.11 Å². The fraction of sp³-hybridized carbons (Fsp3) is 0.0455. The molecule has 0 aliphatic rings. The number of carboxylic acids is 1. The average Bonchev–Trinajstić information content (AvgIpc) is 2.69. The predicted octanol–water partition coefficient (Wildman–Crippen LogP) is 4.59. The van der Waals surface area contributed by atoms with Gasteiger partial charge in [-0.1, -0.05) is 23.8 Å². The summed E-state index contributed by atoms with van der Waals surface area (Å²) in [5.41, 5.74) is 3.12. The van der Waals surface area contributed by atoms with Crippen LogP contribution in [0.4, 0.5) is 21.9 Å². The number of rotatable bonds is 5. The fourth-order valence-electron chi connectivity index (χ4n) is 2.65. The highest BCUT2D eigenvalue weighted by Gasteiger charge is 2.08. The second-order valence-electron chi connectivity index (χ2n) is 6.37. The van der Waals surface area contributed by atoms with Gasteiger partial charge in [0, 0.05) is 22.6 Å². The third-order valence-electron chi connectivity index (χ3n) is 4.05. The van der Waals surface area contributed by atoms with Crippen molar-refractivity contribution in [1.82, 2.24) is 0 Å². The van der Waals surface area contributed by atoms with Crippen LogP contribution in [-0.4, -0.2) is 23.0 Å². The summed E-state index contributed by atoms with van der Waals surface area (Å²) in [6.07, 6.45) is 0. The summed E-state index contributed by atoms with van der Waals surface area (Å²) in [5.74, 6) is -1.29. The molecule has 0 radical (unpaired) electrons. The van der Waals surface area contributed by atoms with Crippen LogP contribution >= 0.6 is 0 Å². The van der Waals surface area contributed by atoms with Crippen LogP contribution in [0.1, 0.15) is 26.3 Å². The number of hydrogen-bond donors (Lipinski definition) is 4. The Hall–Kier alpha value is -4.13. The van der Waals surface area contributed by atoms with E-state index in [-0.39, 0.29) is 11.5 Å². The number of benzene rings is 3. The molecule has 3 aromatic carbocycles. The standard InChI is InChI=1S/C22H19N3O4/c1-14-4-2-5-15(12-14)20(26)23-17-8-10-18(11-9-17)24-22(29)25-19-7-3-6-16(13-19)21(27)28/h2-13H,1H3,(H,23,26)(H,27,28)(H2,24,25,29). The van der Waals surface area contributed by atoms with Crippen molar-refractivity contribution in [1.29, 1.82) is 0 Å². The maximum atomic E-state index is 12.3. The Morgan fingerprint density at radius 3 is 1.93 bits per heavy atom. The zero-order valence-corrected chi connectivity index (χ0v) is 15.6. The minimum atomic E-state index is -1.07. The molecule has 3 aromatic rings. The highest BCUT2D eigenvalue weighted by atomic mass is 16.4. The summed E-state index contributed by atoms with van der Waals surface area (Å²) in [6.45, 7) is 1.92. The number of nitrogens with one attached hydrogen (secondary N) is 3. The smallest absolute Gasteiger partial charge is 0.335 e. The molecule has 0 heterocycles. The van der Waals surface area contributed by atoms with Crippen molar-refractivity contribution in [2.24, 2.45) is 0 Å². The average molecular weight is 389 g/mol. The van der Waals surface area contributed by atoms with E-state index in [1.807, 2.05) is 19.1 Å². The summed E-state index contributed by atoms with van der Waals surface area (Å²) in [5, 5.41) is 17.0. The molecule has 0 spiro atoms. The second kappa shape index (κ2) is 8.71. The van der Waals surface area contributed by atoms with Crippen molar-refractivity contribution in [2.75, 3.05) is 16.0 Å². The lowest BCUT2D eigenvalue weighted by atomic mass is 10.1. The number of urea groups is 1. The molecule has 4 N–H and O–H groups in total. The van der Waals surface area contributed by atoms with Crippen molar-refractivity contribution in [3.8, 4) is 0 Å². The zero-order chi connectivity index (χ0) is 20.8. The van der Waals surface area contributed by atoms with E-state index in [0.717, 1.165) is 5.56 Å². The van der Waals surface area contributed by atoms with Crippen LogP contribution in [0.2, 0.25) is 0 Å². The molecule has 0 saturated heterocycles. The van der Waals surface area contributed by atoms with Gasteiger partial charge in [0.15, 0.2) is 0 Å². The minimum absolute atomic E-state index is 0.0801. The highest BCUT2D eigenvalue weighted by molar-refractivity contribution is 6.05. The van der Waals surface area contributed by atoms with E-state index < -0.39 is 12.0 Å². The summed E-state index contributed by atoms with van der Waals surface area (Å²) in [7, 11) is 0. The maximum Gasteiger partial charge on any atom is 0.335 e. The lowest BCUT2D eigenvalue weighted by molar-refractivity contribution is 0.0696. The van der Waals surface area contributed by atoms with Gasteiger partial charge in [-0.15, -0.1) is 0 Å². The SMILES string of the molecule is Cc1cccc(C(=O)Nc2ccc(NC(=O)Nc3cccc(C(=O)O)c3)cc2)c1. The monoisotopic (exact) mass is 389 g/mol. The molecule has 0 aliphatic carbocycles. The van der Waals surface area contributed by atoms with Crippen LogP contribution < -0.4 is 16.0 Å². The number of anilines is 3. The van der Waals surface area contributed by atoms with Crippen LogP contribution in [0.5, 0.6) is 0 Å². The van der Waals surface area contributed by atoms with E-state index in [2.05, 4.69) is 16.0 Å². The number of aromatic carboxylic acids is 1. The zero-order valence-electron chi connectivity index (χ0n) is 15.6. The molecule has 0 saturated carbocycles. The van der Waals surface area contributed by atoms with Crippen molar-refractivity contribution in [3.63, 3.8) is 0 Å². The number of hydrogen-bond acceptors (Lipinski definition) is 3. The van der Waals surface area contributed by atoms with Crippen LogP contribution in [0.3, 0.4) is 0 Å². The lowest BCUT2D eigenvalue weighted by Crippen LogP contribution is -2.19. The Morgan fingerprint density at radius 1 is 0.690 bits per heavy atom. The molecular formula is C22H19N3O4. The number of carboxylic acid groups (broad SMARTS) is 1. The minimum Gasteiger partial charge on any atom is -0.478 e. The lowest BCUT2D eigenvalue weighted by Gasteiger charge is -2.10. The Bertz CT molecular complexity index is 1060. The van der Waals surface area contributed by atoms with Gasteiger partial charge < -0.3 is 21.1 Å². The number of amides is 3. The molecule has 7 heteroatoms. The molecule has 0 atom stereocenters. The van der Waals surface area contributed by atoms with E-state index in [1.54, 1.807) is 48.5 Å². The van der Waals surface area contributed by atoms with Gasteiger partial charge in [0.25, 0.3) is 5.91 Å². The van der Waals surface area contributed by atoms with Gasteiger partial charge in [-0.25, -0.2) is 9.59 Å². The van der Waals surface area contributed by atoms with Gasteiger partial charge in [-0.05, 0) is 61.5 Å². The van der Waals surface area contributed by atoms with Crippen LogP contribution in [-0.2, 0) is 0 Å². The molecule has 0 unspecified atom stereocenters. The number of aryl methyl sites for hydroxylation is 1. The van der Waals surface area contributed by atoms with E-state index in [0.29, 0.717) is 22.6 Å². The molecule has 3 rings (SSSR count). The molecular weight excluding hydrogens is 370 g/mol. The molecule has 0 aromatic heterocycles. The van der Waals surface area contributed by atoms with Crippen LogP contribution in [0.15, 0.2) is 72.8 Å². The third kappa shape index (κ3) is 5.43. The number of carbonyl (C=O) groups excluding carboxylic acids is 2. The van der Waals surface area contributed by atoms with Gasteiger partial charge in [-0.3, -0.25) is 4.79 Å². The van der Waals surface area contributed by atoms with Crippen molar-refractivity contribution in [2.45, 2.75) is 6.92 Å². The molecule has 146 valence electrons. The van der Waals surface area contributed by atoms with Gasteiger partial charge in [0.05, 0.1) is 5.56 Å². The van der Waals surface area contributed by atoms with Gasteiger partial charge in [0.1, 0.15) is 0 Å². The van der Waals surface area contributed by atoms with Crippen molar-refractivity contribution in [3.05, 3.63) is 89.5 Å². The Kier molecular flexibility index (Phi) is 5.89. The molecule has 7 nitrogen and oxygen atoms in total. The Morgan fingerprint density at radius 2 is 1.28 bits per heavy atom. The summed E-state index contributed by atoms with van der Waals surface area (Å²) >= 11 is 0. The van der Waals surface area contributed by atoms with Crippen molar-refractivity contribution >= 4 is 35.0 Å². The van der Waals surface area contributed by atoms with Gasteiger partial charge in [0.2, 0.25) is 0 Å². The normalized spacial score (nSPS) is 10.1. The summed E-state index contributed by atoms with van der Waals surface area (Å²) in [6, 6.07) is 19.4. The first-order valence-corrected chi connectivity index (χ1v) is 8.80. The first kappa shape index (κ1) is 19.6. The van der Waals surface area contributed by atoms with Crippen LogP contribution in [0, 0.1) is 6.92 Å². The summed E-state index contributed by atoms with van der Waals surface area (Å²) in [4.78, 5) is 35.4. The highest BCUT2D eigenvalue weighted by Crippen LogP contribution is 2.16. The summed E-state index contributed by atoms with van der Waals surface area (Å²) < 4.78 is 0.